The van der Waals surface area contributed by atoms with Gasteiger partial charge in [0.15, 0.2) is 0 Å². The van der Waals surface area contributed by atoms with Crippen LogP contribution in [0.1, 0.15) is 54.6 Å². The highest BCUT2D eigenvalue weighted by molar-refractivity contribution is 6.46. The Bertz CT molecular complexity index is 1370. The quantitative estimate of drug-likeness (QED) is 0.226. The van der Waals surface area contributed by atoms with Gasteiger partial charge in [0, 0.05) is 18.7 Å². The van der Waals surface area contributed by atoms with Crippen LogP contribution in [-0.4, -0.2) is 53.8 Å². The molecule has 6 nitrogen and oxygen atoms in total. The van der Waals surface area contributed by atoms with Crippen molar-refractivity contribution in [3.8, 4) is 5.75 Å². The highest BCUT2D eigenvalue weighted by atomic mass is 16.5. The molecule has 1 fully saturated rings. The van der Waals surface area contributed by atoms with Crippen molar-refractivity contribution in [1.82, 2.24) is 9.80 Å². The van der Waals surface area contributed by atoms with Crippen molar-refractivity contribution in [2.45, 2.75) is 45.8 Å². The maximum absolute atomic E-state index is 13.3. The summed E-state index contributed by atoms with van der Waals surface area (Å²) in [5.41, 5.74) is 4.73. The summed E-state index contributed by atoms with van der Waals surface area (Å²) in [5, 5.41) is 11.4. The molecule has 39 heavy (non-hydrogen) atoms. The van der Waals surface area contributed by atoms with Gasteiger partial charge in [0.2, 0.25) is 0 Å². The van der Waals surface area contributed by atoms with Gasteiger partial charge in [-0.3, -0.25) is 9.59 Å². The van der Waals surface area contributed by atoms with E-state index in [0.717, 1.165) is 22.3 Å². The molecule has 6 heteroatoms. The maximum Gasteiger partial charge on any atom is 0.295 e. The molecule has 1 saturated heterocycles. The topological polar surface area (TPSA) is 70.1 Å². The first-order valence-electron chi connectivity index (χ1n) is 13.3. The number of ketones is 1. The van der Waals surface area contributed by atoms with Crippen LogP contribution in [0.2, 0.25) is 0 Å². The summed E-state index contributed by atoms with van der Waals surface area (Å²) in [7, 11) is 3.85. The number of aryl methyl sites for hydroxylation is 1. The zero-order valence-electron chi connectivity index (χ0n) is 23.7. The highest BCUT2D eigenvalue weighted by Gasteiger charge is 2.45. The fourth-order valence-electron chi connectivity index (χ4n) is 4.73. The van der Waals surface area contributed by atoms with Gasteiger partial charge in [0.05, 0.1) is 11.6 Å². The van der Waals surface area contributed by atoms with E-state index in [1.54, 1.807) is 29.2 Å². The number of likely N-dealkylation sites (N-methyl/N-ethyl adjacent to an activating group) is 1. The van der Waals surface area contributed by atoms with E-state index in [1.807, 2.05) is 74.4 Å². The number of ether oxygens (including phenoxy) is 1. The molecule has 0 saturated carbocycles. The molecule has 0 bridgehead atoms. The Hall–Kier alpha value is -3.90. The highest BCUT2D eigenvalue weighted by Crippen LogP contribution is 2.40. The van der Waals surface area contributed by atoms with Crippen LogP contribution in [0.3, 0.4) is 0 Å². The molecule has 3 aromatic carbocycles. The van der Waals surface area contributed by atoms with E-state index in [-0.39, 0.29) is 16.7 Å². The maximum atomic E-state index is 13.3. The second-order valence-electron chi connectivity index (χ2n) is 11.4. The molecule has 1 aliphatic rings. The van der Waals surface area contributed by atoms with Crippen molar-refractivity contribution in [1.29, 1.82) is 0 Å². The number of amides is 1. The fraction of sp³-hybridized carbons (Fsp3) is 0.333. The van der Waals surface area contributed by atoms with Crippen LogP contribution in [0.25, 0.3) is 5.76 Å². The third-order valence-corrected chi connectivity index (χ3v) is 7.20. The molecule has 0 aliphatic carbocycles. The lowest BCUT2D eigenvalue weighted by Crippen LogP contribution is -2.35. The summed E-state index contributed by atoms with van der Waals surface area (Å²) >= 11 is 0. The van der Waals surface area contributed by atoms with Gasteiger partial charge in [0.1, 0.15) is 18.1 Å². The molecule has 4 rings (SSSR count). The van der Waals surface area contributed by atoms with Gasteiger partial charge in [-0.2, -0.15) is 0 Å². The van der Waals surface area contributed by atoms with Crippen LogP contribution in [0.5, 0.6) is 5.75 Å². The van der Waals surface area contributed by atoms with Gasteiger partial charge in [-0.15, -0.1) is 0 Å². The van der Waals surface area contributed by atoms with Crippen molar-refractivity contribution < 1.29 is 19.4 Å². The first-order chi connectivity index (χ1) is 18.5. The van der Waals surface area contributed by atoms with Gasteiger partial charge >= 0.3 is 0 Å². The number of nitrogens with zero attached hydrogens (tertiary/aromatic N) is 2. The normalized spacial score (nSPS) is 17.2. The molecular weight excluding hydrogens is 488 g/mol. The van der Waals surface area contributed by atoms with E-state index < -0.39 is 17.7 Å². The summed E-state index contributed by atoms with van der Waals surface area (Å²) < 4.78 is 5.94. The Morgan fingerprint density at radius 2 is 1.59 bits per heavy atom. The van der Waals surface area contributed by atoms with Crippen molar-refractivity contribution in [2.24, 2.45) is 0 Å². The minimum atomic E-state index is -0.670. The minimum Gasteiger partial charge on any atom is -0.507 e. The number of hydrogen-bond donors (Lipinski definition) is 1. The zero-order valence-corrected chi connectivity index (χ0v) is 23.7. The molecule has 1 heterocycles. The SMILES string of the molecule is Cc1ccccc1COc1ccc(C(O)=C2C(=O)C(=O)N(CCN(C)C)C2c2ccc(C(C)(C)C)cc2)cc1. The fourth-order valence-corrected chi connectivity index (χ4v) is 4.73. The second-order valence-corrected chi connectivity index (χ2v) is 11.4. The first-order valence-corrected chi connectivity index (χ1v) is 13.3. The first kappa shape index (κ1) is 28.1. The average Bonchev–Trinajstić information content (AvgIpc) is 3.16. The lowest BCUT2D eigenvalue weighted by molar-refractivity contribution is -0.140. The van der Waals surface area contributed by atoms with Crippen LogP contribution in [0.15, 0.2) is 78.4 Å². The standard InChI is InChI=1S/C33H38N2O4/c1-22-9-7-8-10-25(22)21-39-27-17-13-24(14-18-27)30(36)28-29(23-11-15-26(16-12-23)33(2,3)4)35(20-19-34(5)6)32(38)31(28)37/h7-18,29,36H,19-21H2,1-6H3. The largest absolute Gasteiger partial charge is 0.507 e. The minimum absolute atomic E-state index is 0.0334. The number of aliphatic hydroxyl groups is 1. The van der Waals surface area contributed by atoms with Crippen molar-refractivity contribution in [2.75, 3.05) is 27.2 Å². The van der Waals surface area contributed by atoms with E-state index in [1.165, 1.54) is 0 Å². The Kier molecular flexibility index (Phi) is 8.26. The molecule has 1 unspecified atom stereocenters. The molecular formula is C33H38N2O4. The van der Waals surface area contributed by atoms with E-state index in [4.69, 9.17) is 4.74 Å². The van der Waals surface area contributed by atoms with Gasteiger partial charge < -0.3 is 19.6 Å². The lowest BCUT2D eigenvalue weighted by atomic mass is 9.85. The number of rotatable bonds is 8. The lowest BCUT2D eigenvalue weighted by Gasteiger charge is -2.27. The summed E-state index contributed by atoms with van der Waals surface area (Å²) in [5.74, 6) is -0.802. The zero-order chi connectivity index (χ0) is 28.3. The van der Waals surface area contributed by atoms with Crippen LogP contribution >= 0.6 is 0 Å². The Morgan fingerprint density at radius 1 is 0.949 bits per heavy atom. The number of hydrogen-bond acceptors (Lipinski definition) is 5. The van der Waals surface area contributed by atoms with E-state index in [2.05, 4.69) is 20.8 Å². The van der Waals surface area contributed by atoms with Crippen LogP contribution in [0, 0.1) is 6.92 Å². The van der Waals surface area contributed by atoms with Crippen molar-refractivity contribution in [3.63, 3.8) is 0 Å². The second kappa shape index (κ2) is 11.5. The molecule has 1 N–H and O–H groups in total. The number of benzene rings is 3. The molecule has 3 aromatic rings. The third kappa shape index (κ3) is 6.23. The summed E-state index contributed by atoms with van der Waals surface area (Å²) in [6.45, 7) is 9.85. The number of carbonyl (C=O) groups excluding carboxylic acids is 2. The van der Waals surface area contributed by atoms with Gasteiger partial charge in [-0.05, 0) is 73.0 Å². The molecule has 1 amide bonds. The number of Topliss-reactive ketones (excluding diaryl/α,β-unsaturated/α-hetero) is 1. The summed E-state index contributed by atoms with van der Waals surface area (Å²) in [4.78, 5) is 30.0. The number of carbonyl (C=O) groups is 2. The molecule has 0 aromatic heterocycles. The van der Waals surface area contributed by atoms with E-state index in [0.29, 0.717) is 31.0 Å². The Balaban J connectivity index is 1.67. The number of aliphatic hydroxyl groups excluding tert-OH is 1. The number of likely N-dealkylation sites (tertiary alicyclic amines) is 1. The molecule has 0 spiro atoms. The predicted octanol–water partition coefficient (Wildman–Crippen LogP) is 5.85. The van der Waals surface area contributed by atoms with Crippen LogP contribution < -0.4 is 4.74 Å². The molecule has 1 atom stereocenters. The van der Waals surface area contributed by atoms with Gasteiger partial charge in [0.25, 0.3) is 11.7 Å². The van der Waals surface area contributed by atoms with E-state index >= 15 is 0 Å². The predicted molar refractivity (Wildman–Crippen MR) is 155 cm³/mol. The summed E-state index contributed by atoms with van der Waals surface area (Å²) in [6.07, 6.45) is 0. The Morgan fingerprint density at radius 3 is 2.18 bits per heavy atom. The molecule has 204 valence electrons. The van der Waals surface area contributed by atoms with Gasteiger partial charge in [-0.1, -0.05) is 69.3 Å². The van der Waals surface area contributed by atoms with Gasteiger partial charge in [-0.25, -0.2) is 0 Å². The monoisotopic (exact) mass is 526 g/mol. The van der Waals surface area contributed by atoms with Crippen molar-refractivity contribution >= 4 is 17.4 Å². The molecule has 1 aliphatic heterocycles. The van der Waals surface area contributed by atoms with Crippen LogP contribution in [0.4, 0.5) is 0 Å². The molecule has 0 radical (unpaired) electrons. The summed E-state index contributed by atoms with van der Waals surface area (Å²) in [6, 6.07) is 22.3. The van der Waals surface area contributed by atoms with E-state index in [9.17, 15) is 14.7 Å². The third-order valence-electron chi connectivity index (χ3n) is 7.20. The van der Waals surface area contributed by atoms with Crippen LogP contribution in [-0.2, 0) is 21.6 Å². The average molecular weight is 527 g/mol. The van der Waals surface area contributed by atoms with Crippen molar-refractivity contribution in [3.05, 3.63) is 106 Å². The smallest absolute Gasteiger partial charge is 0.295 e. The Labute approximate surface area is 231 Å².